The molecule has 0 spiro atoms. The molecule has 0 amide bonds. The molecule has 5 rings (SSSR count). The second-order valence-corrected chi connectivity index (χ2v) is 11.1. The Bertz CT molecular complexity index is 1600. The zero-order valence-corrected chi connectivity index (χ0v) is 22.3. The molecule has 3 aromatic carbocycles. The summed E-state index contributed by atoms with van der Waals surface area (Å²) in [5, 5.41) is 19.0. The van der Waals surface area contributed by atoms with Crippen LogP contribution in [-0.4, -0.2) is 55.6 Å². The number of nitrogens with zero attached hydrogens (tertiary/aromatic N) is 1. The average Bonchev–Trinajstić information content (AvgIpc) is 3.40. The molecule has 14 heteroatoms. The van der Waals surface area contributed by atoms with Gasteiger partial charge in [0, 0.05) is 16.0 Å². The predicted molar refractivity (Wildman–Crippen MR) is 139 cm³/mol. The summed E-state index contributed by atoms with van der Waals surface area (Å²) in [5.74, 6) is -0.520. The quantitative estimate of drug-likeness (QED) is 0.342. The van der Waals surface area contributed by atoms with Gasteiger partial charge in [0.2, 0.25) is 12.7 Å². The maximum atomic E-state index is 14.1. The standard InChI is InChI=1S/C26H21NO11S2/c1-34-16-8-6-15(7-9-16)24(35-13-22(28)29)27-25(38-26(30)31)23(18-4-2-3-5-21(18)40(27,32)33)39-17-10-11-19-20(12-17)37-14-36-19/h2-12,24H,13-14H2,1H3,(H,28,29)(H,30,31). The lowest BCUT2D eigenvalue weighted by molar-refractivity contribution is -0.147. The Kier molecular flexibility index (Phi) is 7.47. The summed E-state index contributed by atoms with van der Waals surface area (Å²) in [6.07, 6.45) is -3.41. The minimum Gasteiger partial charge on any atom is -0.497 e. The summed E-state index contributed by atoms with van der Waals surface area (Å²) < 4.78 is 55.4. The Morgan fingerprint density at radius 2 is 1.75 bits per heavy atom. The van der Waals surface area contributed by atoms with Crippen molar-refractivity contribution >= 4 is 38.8 Å². The zero-order chi connectivity index (χ0) is 28.4. The molecule has 1 atom stereocenters. The number of carbonyl (C=O) groups is 2. The van der Waals surface area contributed by atoms with E-state index in [4.69, 9.17) is 23.7 Å². The van der Waals surface area contributed by atoms with Gasteiger partial charge in [-0.1, -0.05) is 42.1 Å². The number of hydrogen-bond acceptors (Lipinski definition) is 10. The maximum Gasteiger partial charge on any atom is 0.512 e. The average molecular weight is 588 g/mol. The van der Waals surface area contributed by atoms with Gasteiger partial charge in [-0.05, 0) is 36.4 Å². The van der Waals surface area contributed by atoms with Gasteiger partial charge in [0.1, 0.15) is 12.4 Å². The van der Waals surface area contributed by atoms with Crippen LogP contribution in [0.4, 0.5) is 4.79 Å². The highest BCUT2D eigenvalue weighted by atomic mass is 32.2. The van der Waals surface area contributed by atoms with Crippen LogP contribution in [0.25, 0.3) is 4.91 Å². The first-order valence-corrected chi connectivity index (χ1v) is 13.8. The summed E-state index contributed by atoms with van der Waals surface area (Å²) in [7, 11) is -3.10. The van der Waals surface area contributed by atoms with E-state index in [0.717, 1.165) is 11.8 Å². The normalized spacial score (nSPS) is 15.8. The second-order valence-electron chi connectivity index (χ2n) is 8.25. The summed E-state index contributed by atoms with van der Waals surface area (Å²) in [6, 6.07) is 17.0. The number of hydrogen-bond donors (Lipinski definition) is 2. The topological polar surface area (TPSA) is 158 Å². The molecule has 208 valence electrons. The van der Waals surface area contributed by atoms with E-state index in [0.29, 0.717) is 26.4 Å². The Morgan fingerprint density at radius 3 is 2.45 bits per heavy atom. The molecule has 0 saturated carbocycles. The van der Waals surface area contributed by atoms with Gasteiger partial charge in [0.15, 0.2) is 17.7 Å². The Balaban J connectivity index is 1.72. The molecule has 2 aliphatic rings. The zero-order valence-electron chi connectivity index (χ0n) is 20.7. The summed E-state index contributed by atoms with van der Waals surface area (Å²) in [6.45, 7) is -0.853. The van der Waals surface area contributed by atoms with E-state index in [1.54, 1.807) is 24.3 Å². The molecular weight excluding hydrogens is 566 g/mol. The van der Waals surface area contributed by atoms with Gasteiger partial charge in [-0.3, -0.25) is 0 Å². The van der Waals surface area contributed by atoms with Crippen LogP contribution in [0, 0.1) is 0 Å². The number of aliphatic carboxylic acids is 1. The summed E-state index contributed by atoms with van der Waals surface area (Å²) >= 11 is 1.03. The molecule has 40 heavy (non-hydrogen) atoms. The van der Waals surface area contributed by atoms with Crippen molar-refractivity contribution in [3.8, 4) is 17.2 Å². The predicted octanol–water partition coefficient (Wildman–Crippen LogP) is 4.34. The molecule has 2 aliphatic heterocycles. The number of fused-ring (bicyclic) bond motifs is 2. The van der Waals surface area contributed by atoms with Crippen molar-refractivity contribution in [3.05, 3.63) is 83.7 Å². The lowest BCUT2D eigenvalue weighted by Crippen LogP contribution is -2.40. The van der Waals surface area contributed by atoms with E-state index in [-0.39, 0.29) is 27.7 Å². The third-order valence-corrected chi connectivity index (χ3v) is 8.66. The van der Waals surface area contributed by atoms with Crippen molar-refractivity contribution in [2.24, 2.45) is 0 Å². The van der Waals surface area contributed by atoms with E-state index in [2.05, 4.69) is 0 Å². The molecule has 12 nitrogen and oxygen atoms in total. The van der Waals surface area contributed by atoms with Crippen LogP contribution in [0.2, 0.25) is 0 Å². The fraction of sp³-hybridized carbons (Fsp3) is 0.154. The van der Waals surface area contributed by atoms with Gasteiger partial charge in [0.05, 0.1) is 16.9 Å². The number of methoxy groups -OCH3 is 1. The Labute approximate surface area is 232 Å². The molecular formula is C26H21NO11S2. The SMILES string of the molecule is COc1ccc(C(OCC(=O)O)N2C(OC(=O)O)=C(Sc3ccc4c(c3)OCO4)c3ccccc3S2(=O)=O)cc1. The molecule has 2 N–H and O–H groups in total. The van der Waals surface area contributed by atoms with Gasteiger partial charge >= 0.3 is 12.1 Å². The van der Waals surface area contributed by atoms with Crippen molar-refractivity contribution in [1.29, 1.82) is 0 Å². The van der Waals surface area contributed by atoms with Crippen molar-refractivity contribution in [2.45, 2.75) is 16.0 Å². The second kappa shape index (κ2) is 11.0. The van der Waals surface area contributed by atoms with Crippen LogP contribution < -0.4 is 14.2 Å². The smallest absolute Gasteiger partial charge is 0.497 e. The van der Waals surface area contributed by atoms with E-state index < -0.39 is 40.9 Å². The molecule has 2 heterocycles. The minimum absolute atomic E-state index is 0.0405. The molecule has 0 fully saturated rings. The van der Waals surface area contributed by atoms with Crippen LogP contribution in [0.1, 0.15) is 17.4 Å². The third-order valence-electron chi connectivity index (χ3n) is 5.79. The highest BCUT2D eigenvalue weighted by Gasteiger charge is 2.45. The molecule has 3 aromatic rings. The molecule has 0 saturated heterocycles. The fourth-order valence-corrected chi connectivity index (χ4v) is 6.96. The third kappa shape index (κ3) is 5.23. The van der Waals surface area contributed by atoms with Crippen molar-refractivity contribution in [1.82, 2.24) is 4.31 Å². The lowest BCUT2D eigenvalue weighted by atomic mass is 10.1. The van der Waals surface area contributed by atoms with Crippen molar-refractivity contribution < 1.29 is 51.9 Å². The van der Waals surface area contributed by atoms with E-state index in [9.17, 15) is 28.2 Å². The molecule has 1 unspecified atom stereocenters. The van der Waals surface area contributed by atoms with Crippen LogP contribution in [0.15, 0.2) is 82.4 Å². The van der Waals surface area contributed by atoms with Crippen LogP contribution in [0.5, 0.6) is 17.2 Å². The number of benzene rings is 3. The first-order chi connectivity index (χ1) is 19.2. The van der Waals surface area contributed by atoms with Gasteiger partial charge < -0.3 is 33.9 Å². The Hall–Kier alpha value is -4.40. The molecule has 0 radical (unpaired) electrons. The van der Waals surface area contributed by atoms with E-state index >= 15 is 0 Å². The first kappa shape index (κ1) is 27.2. The summed E-state index contributed by atoms with van der Waals surface area (Å²) in [4.78, 5) is 23.9. The van der Waals surface area contributed by atoms with Crippen molar-refractivity contribution in [3.63, 3.8) is 0 Å². The van der Waals surface area contributed by atoms with Gasteiger partial charge in [-0.25, -0.2) is 22.3 Å². The number of rotatable bonds is 9. The van der Waals surface area contributed by atoms with E-state index in [1.165, 1.54) is 49.6 Å². The monoisotopic (exact) mass is 587 g/mol. The first-order valence-electron chi connectivity index (χ1n) is 11.5. The van der Waals surface area contributed by atoms with Gasteiger partial charge in [-0.15, -0.1) is 0 Å². The van der Waals surface area contributed by atoms with Crippen LogP contribution in [0.3, 0.4) is 0 Å². The van der Waals surface area contributed by atoms with Crippen LogP contribution >= 0.6 is 11.8 Å². The molecule has 0 aliphatic carbocycles. The number of sulfonamides is 1. The lowest BCUT2D eigenvalue weighted by Gasteiger charge is -2.37. The largest absolute Gasteiger partial charge is 0.512 e. The molecule has 0 aromatic heterocycles. The fourth-order valence-electron chi connectivity index (χ4n) is 4.09. The Morgan fingerprint density at radius 1 is 1.02 bits per heavy atom. The van der Waals surface area contributed by atoms with Gasteiger partial charge in [0.25, 0.3) is 10.0 Å². The number of ether oxygens (including phenoxy) is 5. The number of carboxylic acids is 1. The van der Waals surface area contributed by atoms with Crippen LogP contribution in [-0.2, 0) is 24.3 Å². The van der Waals surface area contributed by atoms with Gasteiger partial charge in [-0.2, -0.15) is 0 Å². The highest BCUT2D eigenvalue weighted by Crippen LogP contribution is 2.49. The highest BCUT2D eigenvalue weighted by molar-refractivity contribution is 8.08. The van der Waals surface area contributed by atoms with E-state index in [1.807, 2.05) is 0 Å². The van der Waals surface area contributed by atoms with Crippen molar-refractivity contribution in [2.75, 3.05) is 20.5 Å². The minimum atomic E-state index is -4.54. The number of carboxylic acid groups (broad SMARTS) is 2. The molecule has 0 bridgehead atoms. The maximum absolute atomic E-state index is 14.1. The number of thioether (sulfide) groups is 1. The summed E-state index contributed by atoms with van der Waals surface area (Å²) in [5.41, 5.74) is 0.383.